The Hall–Kier alpha value is -3.61. The third-order valence-corrected chi connectivity index (χ3v) is 4.96. The highest BCUT2D eigenvalue weighted by atomic mass is 16.5. The number of urea groups is 1. The maximum atomic E-state index is 12.6. The largest absolute Gasteiger partial charge is 0.466 e. The fourth-order valence-electron chi connectivity index (χ4n) is 3.49. The summed E-state index contributed by atoms with van der Waals surface area (Å²) in [7, 11) is 1.32. The summed E-state index contributed by atoms with van der Waals surface area (Å²) < 4.78 is 4.98. The molecule has 7 nitrogen and oxygen atoms in total. The van der Waals surface area contributed by atoms with Gasteiger partial charge in [-0.05, 0) is 43.2 Å². The van der Waals surface area contributed by atoms with Gasteiger partial charge in [-0.25, -0.2) is 9.59 Å². The van der Waals surface area contributed by atoms with Gasteiger partial charge >= 0.3 is 12.0 Å². The van der Waals surface area contributed by atoms with E-state index in [1.807, 2.05) is 13.0 Å². The molecular formula is C23H25N3O4. The van der Waals surface area contributed by atoms with Gasteiger partial charge in [-0.15, -0.1) is 0 Å². The molecule has 0 saturated heterocycles. The average molecular weight is 407 g/mol. The fraction of sp³-hybridized carbons (Fsp3) is 0.261. The van der Waals surface area contributed by atoms with Crippen LogP contribution in [-0.2, 0) is 9.53 Å². The number of hydrogen-bond donors (Lipinski definition) is 2. The summed E-state index contributed by atoms with van der Waals surface area (Å²) in [5.74, 6) is -0.744. The summed E-state index contributed by atoms with van der Waals surface area (Å²) in [4.78, 5) is 39.2. The lowest BCUT2D eigenvalue weighted by atomic mass is 9.94. The molecule has 0 spiro atoms. The number of hydrogen-bond acceptors (Lipinski definition) is 4. The van der Waals surface area contributed by atoms with Crippen molar-refractivity contribution in [1.82, 2.24) is 10.2 Å². The predicted molar refractivity (Wildman–Crippen MR) is 114 cm³/mol. The standard InChI is InChI=1S/C23H25N3O4/c1-4-13-26-15(2)19(22(28)30-3)20(25-23(26)29)17-11-8-12-18(14-17)24-21(27)16-9-6-5-7-10-16/h5-12,14,20H,4,13H2,1-3H3,(H,24,27)(H,25,29). The van der Waals surface area contributed by atoms with Crippen molar-refractivity contribution in [3.63, 3.8) is 0 Å². The van der Waals surface area contributed by atoms with Crippen LogP contribution in [0.25, 0.3) is 0 Å². The van der Waals surface area contributed by atoms with Crippen LogP contribution >= 0.6 is 0 Å². The average Bonchev–Trinajstić information content (AvgIpc) is 2.76. The SMILES string of the molecule is CCCN1C(=O)NC(c2cccc(NC(=O)c3ccccc3)c2)C(C(=O)OC)=C1C. The first-order valence-electron chi connectivity index (χ1n) is 9.79. The molecule has 0 aliphatic carbocycles. The number of nitrogens with zero attached hydrogens (tertiary/aromatic N) is 1. The number of benzene rings is 2. The Balaban J connectivity index is 1.94. The molecule has 7 heteroatoms. The van der Waals surface area contributed by atoms with Crippen LogP contribution in [0.1, 0.15) is 42.2 Å². The topological polar surface area (TPSA) is 87.7 Å². The van der Waals surface area contributed by atoms with E-state index in [2.05, 4.69) is 10.6 Å². The third-order valence-electron chi connectivity index (χ3n) is 4.96. The number of ether oxygens (including phenoxy) is 1. The summed E-state index contributed by atoms with van der Waals surface area (Å²) in [6.45, 7) is 4.20. The van der Waals surface area contributed by atoms with E-state index in [-0.39, 0.29) is 11.9 Å². The predicted octanol–water partition coefficient (Wildman–Crippen LogP) is 3.86. The zero-order valence-electron chi connectivity index (χ0n) is 17.3. The number of nitrogens with one attached hydrogen (secondary N) is 2. The van der Waals surface area contributed by atoms with Gasteiger partial charge in [0.1, 0.15) is 0 Å². The summed E-state index contributed by atoms with van der Waals surface area (Å²) in [5, 5.41) is 5.74. The first kappa shape index (κ1) is 21.1. The highest BCUT2D eigenvalue weighted by Gasteiger charge is 2.35. The zero-order valence-corrected chi connectivity index (χ0v) is 17.3. The minimum atomic E-state index is -0.674. The number of amides is 3. The van der Waals surface area contributed by atoms with Crippen molar-refractivity contribution in [2.45, 2.75) is 26.3 Å². The molecule has 1 aliphatic rings. The van der Waals surface area contributed by atoms with Gasteiger partial charge in [0.15, 0.2) is 0 Å². The van der Waals surface area contributed by atoms with Crippen molar-refractivity contribution >= 4 is 23.6 Å². The van der Waals surface area contributed by atoms with E-state index < -0.39 is 12.0 Å². The minimum Gasteiger partial charge on any atom is -0.466 e. The van der Waals surface area contributed by atoms with Crippen molar-refractivity contribution < 1.29 is 19.1 Å². The second-order valence-electron chi connectivity index (χ2n) is 6.97. The van der Waals surface area contributed by atoms with Crippen LogP contribution in [0, 0.1) is 0 Å². The van der Waals surface area contributed by atoms with Gasteiger partial charge in [-0.3, -0.25) is 9.69 Å². The van der Waals surface area contributed by atoms with Crippen LogP contribution in [0.15, 0.2) is 65.9 Å². The number of esters is 1. The van der Waals surface area contributed by atoms with Crippen molar-refractivity contribution in [3.8, 4) is 0 Å². The van der Waals surface area contributed by atoms with E-state index in [0.29, 0.717) is 34.6 Å². The van der Waals surface area contributed by atoms with E-state index in [0.717, 1.165) is 6.42 Å². The number of anilines is 1. The highest BCUT2D eigenvalue weighted by Crippen LogP contribution is 2.32. The van der Waals surface area contributed by atoms with Gasteiger partial charge in [0.2, 0.25) is 0 Å². The lowest BCUT2D eigenvalue weighted by Crippen LogP contribution is -2.48. The summed E-state index contributed by atoms with van der Waals surface area (Å²) in [6.07, 6.45) is 0.755. The number of carbonyl (C=O) groups is 3. The Bertz CT molecular complexity index is 985. The molecular weight excluding hydrogens is 382 g/mol. The van der Waals surface area contributed by atoms with Gasteiger partial charge in [-0.2, -0.15) is 0 Å². The second-order valence-corrected chi connectivity index (χ2v) is 6.97. The van der Waals surface area contributed by atoms with Crippen LogP contribution < -0.4 is 10.6 Å². The monoisotopic (exact) mass is 407 g/mol. The second kappa shape index (κ2) is 9.26. The van der Waals surface area contributed by atoms with Gasteiger partial charge in [0.25, 0.3) is 5.91 Å². The van der Waals surface area contributed by atoms with E-state index in [1.165, 1.54) is 7.11 Å². The molecule has 1 aliphatic heterocycles. The van der Waals surface area contributed by atoms with Crippen molar-refractivity contribution in [1.29, 1.82) is 0 Å². The molecule has 0 saturated carbocycles. The van der Waals surface area contributed by atoms with Gasteiger partial charge in [0, 0.05) is 23.5 Å². The maximum Gasteiger partial charge on any atom is 0.337 e. The third kappa shape index (κ3) is 4.35. The van der Waals surface area contributed by atoms with Crippen molar-refractivity contribution in [2.24, 2.45) is 0 Å². The number of allylic oxidation sites excluding steroid dienone is 1. The highest BCUT2D eigenvalue weighted by molar-refractivity contribution is 6.04. The van der Waals surface area contributed by atoms with Crippen LogP contribution in [0.2, 0.25) is 0 Å². The molecule has 1 atom stereocenters. The maximum absolute atomic E-state index is 12.6. The molecule has 30 heavy (non-hydrogen) atoms. The Morgan fingerprint density at radius 1 is 1.13 bits per heavy atom. The molecule has 0 bridgehead atoms. The number of carbonyl (C=O) groups excluding carboxylic acids is 3. The Morgan fingerprint density at radius 3 is 2.53 bits per heavy atom. The Morgan fingerprint density at radius 2 is 1.87 bits per heavy atom. The van der Waals surface area contributed by atoms with Crippen LogP contribution in [0.5, 0.6) is 0 Å². The molecule has 2 aromatic carbocycles. The van der Waals surface area contributed by atoms with Crippen LogP contribution in [-0.4, -0.2) is 36.5 Å². The lowest BCUT2D eigenvalue weighted by molar-refractivity contribution is -0.136. The van der Waals surface area contributed by atoms with E-state index in [1.54, 1.807) is 60.4 Å². The molecule has 156 valence electrons. The van der Waals surface area contributed by atoms with Gasteiger partial charge < -0.3 is 15.4 Å². The van der Waals surface area contributed by atoms with Crippen molar-refractivity contribution in [2.75, 3.05) is 19.0 Å². The van der Waals surface area contributed by atoms with E-state index >= 15 is 0 Å². The summed E-state index contributed by atoms with van der Waals surface area (Å²) in [6, 6.07) is 15.0. The molecule has 2 N–H and O–H groups in total. The fourth-order valence-corrected chi connectivity index (χ4v) is 3.49. The minimum absolute atomic E-state index is 0.241. The normalized spacial score (nSPS) is 16.2. The first-order chi connectivity index (χ1) is 14.5. The van der Waals surface area contributed by atoms with Gasteiger partial charge in [-0.1, -0.05) is 37.3 Å². The van der Waals surface area contributed by atoms with Gasteiger partial charge in [0.05, 0.1) is 18.7 Å². The van der Waals surface area contributed by atoms with Crippen molar-refractivity contribution in [3.05, 3.63) is 77.0 Å². The van der Waals surface area contributed by atoms with E-state index in [4.69, 9.17) is 4.74 Å². The zero-order chi connectivity index (χ0) is 21.7. The summed E-state index contributed by atoms with van der Waals surface area (Å²) in [5.41, 5.74) is 2.71. The Labute approximate surface area is 175 Å². The molecule has 1 heterocycles. The number of rotatable bonds is 6. The molecule has 1 unspecified atom stereocenters. The van der Waals surface area contributed by atoms with Crippen LogP contribution in [0.4, 0.5) is 10.5 Å². The Kier molecular flexibility index (Phi) is 6.51. The smallest absolute Gasteiger partial charge is 0.337 e. The quantitative estimate of drug-likeness (QED) is 0.712. The van der Waals surface area contributed by atoms with Crippen LogP contribution in [0.3, 0.4) is 0 Å². The molecule has 0 radical (unpaired) electrons. The number of methoxy groups -OCH3 is 1. The molecule has 0 aromatic heterocycles. The molecule has 2 aromatic rings. The molecule has 0 fully saturated rings. The summed E-state index contributed by atoms with van der Waals surface area (Å²) >= 11 is 0. The first-order valence-corrected chi connectivity index (χ1v) is 9.79. The molecule has 3 amide bonds. The lowest BCUT2D eigenvalue weighted by Gasteiger charge is -2.35. The van der Waals surface area contributed by atoms with E-state index in [9.17, 15) is 14.4 Å². The molecule has 3 rings (SSSR count).